The molecule has 0 spiro atoms. The SMILES string of the molecule is CC1(C)COC(C)(c2cn[nH]c2)OC1. The van der Waals surface area contributed by atoms with Crippen molar-refractivity contribution in [3.05, 3.63) is 18.0 Å². The number of ether oxygens (including phenoxy) is 2. The van der Waals surface area contributed by atoms with E-state index in [1.807, 2.05) is 6.92 Å². The molecule has 1 N–H and O–H groups in total. The number of hydrogen-bond donors (Lipinski definition) is 1. The van der Waals surface area contributed by atoms with Crippen LogP contribution in [0.25, 0.3) is 0 Å². The number of nitrogens with zero attached hydrogens (tertiary/aromatic N) is 1. The highest BCUT2D eigenvalue weighted by molar-refractivity contribution is 5.10. The fraction of sp³-hybridized carbons (Fsp3) is 0.700. The van der Waals surface area contributed by atoms with E-state index in [0.717, 1.165) is 5.56 Å². The van der Waals surface area contributed by atoms with Gasteiger partial charge in [-0.25, -0.2) is 0 Å². The van der Waals surface area contributed by atoms with Gasteiger partial charge in [0.25, 0.3) is 0 Å². The van der Waals surface area contributed by atoms with Crippen LogP contribution in [0.1, 0.15) is 26.3 Å². The Morgan fingerprint density at radius 2 is 1.93 bits per heavy atom. The first-order valence-corrected chi connectivity index (χ1v) is 4.79. The predicted molar refractivity (Wildman–Crippen MR) is 51.6 cm³/mol. The molecular formula is C10H16N2O2. The molecule has 0 unspecified atom stereocenters. The van der Waals surface area contributed by atoms with Gasteiger partial charge >= 0.3 is 0 Å². The van der Waals surface area contributed by atoms with E-state index in [0.29, 0.717) is 13.2 Å². The second kappa shape index (κ2) is 3.07. The third-order valence-electron chi connectivity index (χ3n) is 2.50. The van der Waals surface area contributed by atoms with E-state index in [-0.39, 0.29) is 5.41 Å². The average molecular weight is 196 g/mol. The van der Waals surface area contributed by atoms with Crippen LogP contribution in [0.15, 0.2) is 12.4 Å². The summed E-state index contributed by atoms with van der Waals surface area (Å²) in [5.41, 5.74) is 1.04. The van der Waals surface area contributed by atoms with Gasteiger partial charge in [0, 0.05) is 17.2 Å². The zero-order chi connectivity index (χ0) is 10.2. The molecule has 4 nitrogen and oxygen atoms in total. The van der Waals surface area contributed by atoms with Crippen LogP contribution in [-0.2, 0) is 15.3 Å². The lowest BCUT2D eigenvalue weighted by Gasteiger charge is -2.40. The Kier molecular flexibility index (Phi) is 2.12. The average Bonchev–Trinajstić information content (AvgIpc) is 2.64. The molecule has 1 aromatic rings. The lowest BCUT2D eigenvalue weighted by Crippen LogP contribution is -2.43. The van der Waals surface area contributed by atoms with Crippen molar-refractivity contribution in [2.75, 3.05) is 13.2 Å². The third-order valence-corrected chi connectivity index (χ3v) is 2.50. The fourth-order valence-electron chi connectivity index (χ4n) is 1.42. The zero-order valence-corrected chi connectivity index (χ0v) is 8.83. The predicted octanol–water partition coefficient (Wildman–Crippen LogP) is 1.66. The van der Waals surface area contributed by atoms with Gasteiger partial charge in [-0.3, -0.25) is 5.10 Å². The molecule has 0 aromatic carbocycles. The molecule has 0 saturated carbocycles. The van der Waals surface area contributed by atoms with E-state index < -0.39 is 5.79 Å². The fourth-order valence-corrected chi connectivity index (χ4v) is 1.42. The molecule has 1 fully saturated rings. The van der Waals surface area contributed by atoms with Crippen LogP contribution in [0.2, 0.25) is 0 Å². The molecule has 1 aliphatic rings. The molecule has 14 heavy (non-hydrogen) atoms. The minimum Gasteiger partial charge on any atom is -0.345 e. The van der Waals surface area contributed by atoms with Gasteiger partial charge in [0.15, 0.2) is 5.79 Å². The maximum absolute atomic E-state index is 5.74. The molecular weight excluding hydrogens is 180 g/mol. The molecule has 0 amide bonds. The zero-order valence-electron chi connectivity index (χ0n) is 8.83. The van der Waals surface area contributed by atoms with Crippen LogP contribution in [0, 0.1) is 5.41 Å². The summed E-state index contributed by atoms with van der Waals surface area (Å²) in [6, 6.07) is 0. The van der Waals surface area contributed by atoms with Crippen molar-refractivity contribution in [3.8, 4) is 0 Å². The summed E-state index contributed by atoms with van der Waals surface area (Å²) < 4.78 is 11.5. The number of rotatable bonds is 1. The Morgan fingerprint density at radius 3 is 2.43 bits per heavy atom. The Hall–Kier alpha value is -0.870. The highest BCUT2D eigenvalue weighted by Crippen LogP contribution is 2.35. The Bertz CT molecular complexity index is 296. The van der Waals surface area contributed by atoms with Gasteiger partial charge in [0.1, 0.15) is 0 Å². The van der Waals surface area contributed by atoms with Crippen LogP contribution >= 0.6 is 0 Å². The molecule has 78 valence electrons. The quantitative estimate of drug-likeness (QED) is 0.743. The third kappa shape index (κ3) is 1.67. The molecule has 0 radical (unpaired) electrons. The van der Waals surface area contributed by atoms with Crippen LogP contribution in [-0.4, -0.2) is 23.4 Å². The van der Waals surface area contributed by atoms with Crippen molar-refractivity contribution in [1.82, 2.24) is 10.2 Å². The molecule has 4 heteroatoms. The molecule has 1 aromatic heterocycles. The normalized spacial score (nSPS) is 24.8. The molecule has 0 aliphatic carbocycles. The molecule has 0 bridgehead atoms. The van der Waals surface area contributed by atoms with Crippen LogP contribution in [0.5, 0.6) is 0 Å². The molecule has 0 atom stereocenters. The number of nitrogens with one attached hydrogen (secondary N) is 1. The molecule has 2 heterocycles. The van der Waals surface area contributed by atoms with Gasteiger partial charge in [-0.15, -0.1) is 0 Å². The summed E-state index contributed by atoms with van der Waals surface area (Å²) in [5.74, 6) is -0.636. The topological polar surface area (TPSA) is 47.1 Å². The van der Waals surface area contributed by atoms with E-state index in [2.05, 4.69) is 24.0 Å². The minimum absolute atomic E-state index is 0.100. The van der Waals surface area contributed by atoms with Crippen molar-refractivity contribution in [2.24, 2.45) is 5.41 Å². The lowest BCUT2D eigenvalue weighted by molar-refractivity contribution is -0.298. The van der Waals surface area contributed by atoms with E-state index in [1.54, 1.807) is 12.4 Å². The smallest absolute Gasteiger partial charge is 0.194 e. The monoisotopic (exact) mass is 196 g/mol. The first kappa shape index (κ1) is 9.68. The van der Waals surface area contributed by atoms with E-state index >= 15 is 0 Å². The Balaban J connectivity index is 2.13. The number of aromatic nitrogens is 2. The van der Waals surface area contributed by atoms with E-state index in [4.69, 9.17) is 9.47 Å². The summed E-state index contributed by atoms with van der Waals surface area (Å²) in [7, 11) is 0. The summed E-state index contributed by atoms with van der Waals surface area (Å²) in [6.07, 6.45) is 3.54. The first-order chi connectivity index (χ1) is 6.52. The van der Waals surface area contributed by atoms with Gasteiger partial charge in [0.05, 0.1) is 19.4 Å². The Labute approximate surface area is 83.6 Å². The van der Waals surface area contributed by atoms with Crippen molar-refractivity contribution in [1.29, 1.82) is 0 Å². The maximum Gasteiger partial charge on any atom is 0.194 e. The van der Waals surface area contributed by atoms with Crippen molar-refractivity contribution in [2.45, 2.75) is 26.6 Å². The highest BCUT2D eigenvalue weighted by Gasteiger charge is 2.38. The summed E-state index contributed by atoms with van der Waals surface area (Å²) >= 11 is 0. The van der Waals surface area contributed by atoms with E-state index in [9.17, 15) is 0 Å². The largest absolute Gasteiger partial charge is 0.345 e. The van der Waals surface area contributed by atoms with E-state index in [1.165, 1.54) is 0 Å². The van der Waals surface area contributed by atoms with Crippen LogP contribution in [0.3, 0.4) is 0 Å². The number of H-pyrrole nitrogens is 1. The second-order valence-electron chi connectivity index (χ2n) is 4.67. The van der Waals surface area contributed by atoms with Gasteiger partial charge in [0.2, 0.25) is 0 Å². The summed E-state index contributed by atoms with van der Waals surface area (Å²) in [6.45, 7) is 7.58. The second-order valence-corrected chi connectivity index (χ2v) is 4.67. The molecule has 2 rings (SSSR count). The lowest BCUT2D eigenvalue weighted by atomic mass is 9.94. The van der Waals surface area contributed by atoms with Gasteiger partial charge in [-0.2, -0.15) is 5.10 Å². The highest BCUT2D eigenvalue weighted by atomic mass is 16.7. The van der Waals surface area contributed by atoms with Crippen molar-refractivity contribution >= 4 is 0 Å². The number of hydrogen-bond acceptors (Lipinski definition) is 3. The first-order valence-electron chi connectivity index (χ1n) is 4.79. The van der Waals surface area contributed by atoms with Gasteiger partial charge in [-0.05, 0) is 6.92 Å². The van der Waals surface area contributed by atoms with Gasteiger partial charge < -0.3 is 9.47 Å². The Morgan fingerprint density at radius 1 is 1.29 bits per heavy atom. The summed E-state index contributed by atoms with van der Waals surface area (Å²) in [4.78, 5) is 0. The van der Waals surface area contributed by atoms with Crippen molar-refractivity contribution in [3.63, 3.8) is 0 Å². The van der Waals surface area contributed by atoms with Crippen LogP contribution in [0.4, 0.5) is 0 Å². The van der Waals surface area contributed by atoms with Crippen molar-refractivity contribution < 1.29 is 9.47 Å². The summed E-state index contributed by atoms with van der Waals surface area (Å²) in [5, 5.41) is 6.66. The molecule has 1 aliphatic heterocycles. The van der Waals surface area contributed by atoms with Crippen LogP contribution < -0.4 is 0 Å². The molecule has 1 saturated heterocycles. The number of aromatic amines is 1. The van der Waals surface area contributed by atoms with Gasteiger partial charge in [-0.1, -0.05) is 13.8 Å². The minimum atomic E-state index is -0.636. The maximum atomic E-state index is 5.74. The standard InChI is InChI=1S/C10H16N2O2/c1-9(2)6-13-10(3,14-7-9)8-4-11-12-5-8/h4-5H,6-7H2,1-3H3,(H,11,12).